The minimum Gasteiger partial charge on any atom is -0.460 e. The van der Waals surface area contributed by atoms with E-state index in [-0.39, 0.29) is 17.9 Å². The smallest absolute Gasteiger partial charge is 0.337 e. The molecule has 5 atom stereocenters. The van der Waals surface area contributed by atoms with Crippen LogP contribution in [0.15, 0.2) is 60.7 Å². The van der Waals surface area contributed by atoms with Gasteiger partial charge in [-0.2, -0.15) is 0 Å². The second kappa shape index (κ2) is 10.6. The maximum Gasteiger partial charge on any atom is 0.337 e. The lowest BCUT2D eigenvalue weighted by molar-refractivity contribution is -0.167. The van der Waals surface area contributed by atoms with Crippen molar-refractivity contribution in [3.8, 4) is 0 Å². The number of amides is 1. The summed E-state index contributed by atoms with van der Waals surface area (Å²) in [5, 5.41) is 13.8. The number of aliphatic hydroxyl groups is 1. The van der Waals surface area contributed by atoms with Crippen LogP contribution in [0.3, 0.4) is 0 Å². The van der Waals surface area contributed by atoms with Gasteiger partial charge in [-0.3, -0.25) is 4.79 Å². The van der Waals surface area contributed by atoms with Crippen molar-refractivity contribution in [3.63, 3.8) is 0 Å². The van der Waals surface area contributed by atoms with E-state index in [2.05, 4.69) is 26.1 Å². The molecule has 31 heavy (non-hydrogen) atoms. The van der Waals surface area contributed by atoms with Gasteiger partial charge in [-0.05, 0) is 48.3 Å². The van der Waals surface area contributed by atoms with E-state index < -0.39 is 18.1 Å². The molecule has 0 saturated heterocycles. The largest absolute Gasteiger partial charge is 0.460 e. The van der Waals surface area contributed by atoms with Crippen molar-refractivity contribution in [3.05, 3.63) is 71.8 Å². The zero-order valence-corrected chi connectivity index (χ0v) is 18.5. The Balaban J connectivity index is 1.78. The molecule has 2 aromatic carbocycles. The summed E-state index contributed by atoms with van der Waals surface area (Å²) in [5.41, 5.74) is 1.11. The highest BCUT2D eigenvalue weighted by Gasteiger charge is 2.37. The van der Waals surface area contributed by atoms with Crippen LogP contribution in [-0.2, 0) is 9.53 Å². The molecule has 5 heteroatoms. The Labute approximate surface area is 184 Å². The van der Waals surface area contributed by atoms with Crippen molar-refractivity contribution in [1.82, 2.24) is 5.32 Å². The summed E-state index contributed by atoms with van der Waals surface area (Å²) in [6.45, 7) is 6.45. The molecule has 1 aliphatic rings. The fourth-order valence-electron chi connectivity index (χ4n) is 4.42. The number of ether oxygens (including phenoxy) is 1. The molecule has 0 heterocycles. The number of carbonyl (C=O) groups is 2. The van der Waals surface area contributed by atoms with E-state index in [0.717, 1.165) is 19.3 Å². The Kier molecular flexibility index (Phi) is 7.85. The summed E-state index contributed by atoms with van der Waals surface area (Å²) in [6.07, 6.45) is 1.22. The Bertz CT molecular complexity index is 852. The van der Waals surface area contributed by atoms with Gasteiger partial charge in [0.2, 0.25) is 0 Å². The summed E-state index contributed by atoms with van der Waals surface area (Å²) in [6, 6.07) is 16.9. The number of hydrogen-bond acceptors (Lipinski definition) is 4. The number of hydrogen-bond donors (Lipinski definition) is 2. The van der Waals surface area contributed by atoms with Crippen LogP contribution in [0, 0.1) is 17.8 Å². The predicted octanol–water partition coefficient (Wildman–Crippen LogP) is 4.52. The zero-order chi connectivity index (χ0) is 22.4. The molecule has 2 unspecified atom stereocenters. The van der Waals surface area contributed by atoms with Crippen LogP contribution < -0.4 is 5.32 Å². The van der Waals surface area contributed by atoms with Crippen LogP contribution in [0.5, 0.6) is 0 Å². The van der Waals surface area contributed by atoms with E-state index in [0.29, 0.717) is 23.0 Å². The average molecular weight is 424 g/mol. The van der Waals surface area contributed by atoms with Crippen molar-refractivity contribution in [1.29, 1.82) is 0 Å². The van der Waals surface area contributed by atoms with Crippen molar-refractivity contribution in [2.45, 2.75) is 58.3 Å². The zero-order valence-electron chi connectivity index (χ0n) is 18.5. The molecule has 0 bridgehead atoms. The number of rotatable bonds is 7. The first-order chi connectivity index (χ1) is 14.9. The molecule has 0 radical (unpaired) electrons. The van der Waals surface area contributed by atoms with Gasteiger partial charge in [0.15, 0.2) is 6.10 Å². The normalized spacial score (nSPS) is 23.1. The maximum absolute atomic E-state index is 13.0. The maximum atomic E-state index is 13.0. The predicted molar refractivity (Wildman–Crippen MR) is 120 cm³/mol. The molecule has 2 aromatic rings. The summed E-state index contributed by atoms with van der Waals surface area (Å²) in [7, 11) is 0. The van der Waals surface area contributed by atoms with Crippen LogP contribution >= 0.6 is 0 Å². The molecule has 1 saturated carbocycles. The van der Waals surface area contributed by atoms with Gasteiger partial charge in [0.05, 0.1) is 6.04 Å². The number of carbonyl (C=O) groups excluding carboxylic acids is 2. The monoisotopic (exact) mass is 423 g/mol. The van der Waals surface area contributed by atoms with Crippen LogP contribution in [0.2, 0.25) is 0 Å². The fraction of sp³-hybridized carbons (Fsp3) is 0.462. The van der Waals surface area contributed by atoms with Gasteiger partial charge < -0.3 is 15.2 Å². The van der Waals surface area contributed by atoms with E-state index in [4.69, 9.17) is 4.74 Å². The van der Waals surface area contributed by atoms with Crippen LogP contribution in [-0.4, -0.2) is 29.2 Å². The van der Waals surface area contributed by atoms with Gasteiger partial charge in [-0.1, -0.05) is 75.7 Å². The molecule has 1 amide bonds. The minimum atomic E-state index is -1.50. The molecular weight excluding hydrogens is 390 g/mol. The summed E-state index contributed by atoms with van der Waals surface area (Å²) < 4.78 is 5.85. The average Bonchev–Trinajstić information content (AvgIpc) is 2.77. The van der Waals surface area contributed by atoms with Gasteiger partial charge in [-0.15, -0.1) is 0 Å². The molecule has 166 valence electrons. The number of esters is 1. The first-order valence-electron chi connectivity index (χ1n) is 11.2. The summed E-state index contributed by atoms with van der Waals surface area (Å²) in [5.74, 6) is 0.110. The molecule has 2 N–H and O–H groups in total. The molecule has 0 aromatic heterocycles. The number of aliphatic hydroxyl groups excluding tert-OH is 1. The quantitative estimate of drug-likeness (QED) is 0.642. The Morgan fingerprint density at radius 2 is 1.61 bits per heavy atom. The van der Waals surface area contributed by atoms with E-state index in [1.165, 1.54) is 0 Å². The van der Waals surface area contributed by atoms with Crippen molar-refractivity contribution in [2.24, 2.45) is 17.8 Å². The number of benzene rings is 2. The molecule has 0 spiro atoms. The minimum absolute atomic E-state index is 0.216. The SMILES string of the molecule is CC1CC[C@H](C(C)C)C(OC(=O)[C@H](O)[C@@H](NC(=O)c2ccccc2)c2ccccc2)C1. The third-order valence-corrected chi connectivity index (χ3v) is 6.27. The molecule has 1 fully saturated rings. The van der Waals surface area contributed by atoms with Crippen molar-refractivity contribution >= 4 is 11.9 Å². The lowest BCUT2D eigenvalue weighted by atomic mass is 9.75. The standard InChI is InChI=1S/C26H33NO4/c1-17(2)21-15-14-18(3)16-22(21)31-26(30)24(28)23(19-10-6-4-7-11-19)27-25(29)20-12-8-5-9-13-20/h4-13,17-18,21-24,28H,14-16H2,1-3H3,(H,27,29)/t18?,21-,22?,23+,24-/m1/s1. The highest BCUT2D eigenvalue weighted by Crippen LogP contribution is 2.36. The van der Waals surface area contributed by atoms with Crippen molar-refractivity contribution < 1.29 is 19.4 Å². The van der Waals surface area contributed by atoms with Crippen LogP contribution in [0.4, 0.5) is 0 Å². The second-order valence-corrected chi connectivity index (χ2v) is 8.97. The first kappa shape index (κ1) is 23.0. The third kappa shape index (κ3) is 5.95. The van der Waals surface area contributed by atoms with Gasteiger partial charge >= 0.3 is 5.97 Å². The first-order valence-corrected chi connectivity index (χ1v) is 11.2. The summed E-state index contributed by atoms with van der Waals surface area (Å²) in [4.78, 5) is 25.8. The second-order valence-electron chi connectivity index (χ2n) is 8.97. The number of nitrogens with one attached hydrogen (secondary N) is 1. The van der Waals surface area contributed by atoms with E-state index in [1.807, 2.05) is 24.3 Å². The lowest BCUT2D eigenvalue weighted by Gasteiger charge is -2.37. The highest BCUT2D eigenvalue weighted by atomic mass is 16.6. The molecule has 5 nitrogen and oxygen atoms in total. The van der Waals surface area contributed by atoms with Crippen LogP contribution in [0.25, 0.3) is 0 Å². The third-order valence-electron chi connectivity index (χ3n) is 6.27. The van der Waals surface area contributed by atoms with E-state index >= 15 is 0 Å². The van der Waals surface area contributed by atoms with E-state index in [9.17, 15) is 14.7 Å². The Hall–Kier alpha value is -2.66. The fourth-order valence-corrected chi connectivity index (χ4v) is 4.42. The van der Waals surface area contributed by atoms with Crippen LogP contribution in [0.1, 0.15) is 62.0 Å². The topological polar surface area (TPSA) is 75.6 Å². The Morgan fingerprint density at radius 1 is 1.00 bits per heavy atom. The van der Waals surface area contributed by atoms with Gasteiger partial charge in [0.25, 0.3) is 5.91 Å². The van der Waals surface area contributed by atoms with Gasteiger partial charge in [-0.25, -0.2) is 4.79 Å². The Morgan fingerprint density at radius 3 is 2.23 bits per heavy atom. The molecule has 3 rings (SSSR count). The molecule has 0 aliphatic heterocycles. The van der Waals surface area contributed by atoms with Gasteiger partial charge in [0.1, 0.15) is 6.10 Å². The lowest BCUT2D eigenvalue weighted by Crippen LogP contribution is -2.44. The summed E-state index contributed by atoms with van der Waals surface area (Å²) >= 11 is 0. The van der Waals surface area contributed by atoms with Crippen molar-refractivity contribution in [2.75, 3.05) is 0 Å². The molecule has 1 aliphatic carbocycles. The molecular formula is C26H33NO4. The van der Waals surface area contributed by atoms with Gasteiger partial charge in [0, 0.05) is 5.56 Å². The highest BCUT2D eigenvalue weighted by molar-refractivity contribution is 5.94. The van der Waals surface area contributed by atoms with E-state index in [1.54, 1.807) is 36.4 Å².